The number of likely N-dealkylation sites (tertiary alicyclic amines) is 1. The first kappa shape index (κ1) is 14.3. The summed E-state index contributed by atoms with van der Waals surface area (Å²) in [6, 6.07) is 19.8. The molecule has 1 saturated heterocycles. The number of rotatable bonds is 4. The van der Waals surface area contributed by atoms with Crippen molar-refractivity contribution in [1.82, 2.24) is 9.88 Å². The molecule has 3 aromatic rings. The van der Waals surface area contributed by atoms with Crippen molar-refractivity contribution in [1.29, 1.82) is 0 Å². The van der Waals surface area contributed by atoms with Crippen molar-refractivity contribution in [2.24, 2.45) is 11.8 Å². The number of hydrogen-bond donors (Lipinski definition) is 1. The SMILES string of the molecule is c1ccc(C2CC3CN(CCc4c[nH]c5ccccc45)CC32)cc1. The van der Waals surface area contributed by atoms with Gasteiger partial charge in [0.1, 0.15) is 0 Å². The standard InChI is InChI=1S/C22H24N2/c1-2-6-16(7-3-1)20-12-18-14-24(15-21(18)20)11-10-17-13-23-22-9-5-4-8-19(17)22/h1-9,13,18,20-21,23H,10-12,14-15H2. The molecule has 1 aliphatic heterocycles. The molecule has 0 bridgehead atoms. The van der Waals surface area contributed by atoms with E-state index in [1.54, 1.807) is 5.56 Å². The number of para-hydroxylation sites is 1. The second-order valence-corrected chi connectivity index (χ2v) is 7.55. The summed E-state index contributed by atoms with van der Waals surface area (Å²) in [7, 11) is 0. The lowest BCUT2D eigenvalue weighted by Gasteiger charge is -2.40. The van der Waals surface area contributed by atoms with Gasteiger partial charge in [-0.1, -0.05) is 48.5 Å². The lowest BCUT2D eigenvalue weighted by molar-refractivity contribution is 0.191. The van der Waals surface area contributed by atoms with Crippen LogP contribution in [0.3, 0.4) is 0 Å². The smallest absolute Gasteiger partial charge is 0.0456 e. The molecule has 1 N–H and O–H groups in total. The average molecular weight is 316 g/mol. The lowest BCUT2D eigenvalue weighted by Crippen LogP contribution is -2.33. The van der Waals surface area contributed by atoms with Crippen molar-refractivity contribution in [3.05, 3.63) is 71.9 Å². The van der Waals surface area contributed by atoms with Crippen molar-refractivity contribution in [2.45, 2.75) is 18.8 Å². The molecule has 2 nitrogen and oxygen atoms in total. The molecule has 2 heterocycles. The highest BCUT2D eigenvalue weighted by molar-refractivity contribution is 5.83. The third-order valence-electron chi connectivity index (χ3n) is 6.24. The fraction of sp³-hybridized carbons (Fsp3) is 0.364. The third-order valence-corrected chi connectivity index (χ3v) is 6.24. The van der Waals surface area contributed by atoms with Crippen LogP contribution in [0.15, 0.2) is 60.8 Å². The van der Waals surface area contributed by atoms with E-state index in [4.69, 9.17) is 0 Å². The fourth-order valence-corrected chi connectivity index (χ4v) is 4.88. The number of aromatic nitrogens is 1. The maximum atomic E-state index is 3.40. The maximum Gasteiger partial charge on any atom is 0.0456 e. The number of hydrogen-bond acceptors (Lipinski definition) is 1. The van der Waals surface area contributed by atoms with Crippen LogP contribution >= 0.6 is 0 Å². The van der Waals surface area contributed by atoms with Crippen LogP contribution in [0, 0.1) is 11.8 Å². The van der Waals surface area contributed by atoms with E-state index in [-0.39, 0.29) is 0 Å². The zero-order valence-corrected chi connectivity index (χ0v) is 14.0. The molecule has 0 radical (unpaired) electrons. The maximum absolute atomic E-state index is 3.40. The molecule has 0 spiro atoms. The Hall–Kier alpha value is -2.06. The number of nitrogens with one attached hydrogen (secondary N) is 1. The molecule has 5 rings (SSSR count). The molecule has 3 atom stereocenters. The van der Waals surface area contributed by atoms with Crippen molar-refractivity contribution < 1.29 is 0 Å². The topological polar surface area (TPSA) is 19.0 Å². The monoisotopic (exact) mass is 316 g/mol. The predicted molar refractivity (Wildman–Crippen MR) is 99.2 cm³/mol. The number of fused-ring (bicyclic) bond motifs is 2. The first-order valence-corrected chi connectivity index (χ1v) is 9.21. The highest BCUT2D eigenvalue weighted by Gasteiger charge is 2.46. The summed E-state index contributed by atoms with van der Waals surface area (Å²) < 4.78 is 0. The van der Waals surface area contributed by atoms with Crippen LogP contribution in [-0.4, -0.2) is 29.5 Å². The molecule has 0 amide bonds. The normalized spacial score (nSPS) is 26.4. The zero-order valence-electron chi connectivity index (χ0n) is 14.0. The van der Waals surface area contributed by atoms with E-state index < -0.39 is 0 Å². The Morgan fingerprint density at radius 2 is 1.79 bits per heavy atom. The molecule has 24 heavy (non-hydrogen) atoms. The first-order valence-electron chi connectivity index (χ1n) is 9.21. The molecular weight excluding hydrogens is 292 g/mol. The van der Waals surface area contributed by atoms with Gasteiger partial charge in [-0.25, -0.2) is 0 Å². The van der Waals surface area contributed by atoms with E-state index in [9.17, 15) is 0 Å². The Morgan fingerprint density at radius 3 is 2.71 bits per heavy atom. The summed E-state index contributed by atoms with van der Waals surface area (Å²) in [5.41, 5.74) is 4.28. The molecular formula is C22H24N2. The minimum Gasteiger partial charge on any atom is -0.361 e. The Kier molecular flexibility index (Phi) is 3.45. The second kappa shape index (κ2) is 5.78. The van der Waals surface area contributed by atoms with Crippen LogP contribution in [0.25, 0.3) is 10.9 Å². The van der Waals surface area contributed by atoms with E-state index in [0.717, 1.165) is 24.2 Å². The van der Waals surface area contributed by atoms with Crippen LogP contribution in [-0.2, 0) is 6.42 Å². The molecule has 3 unspecified atom stereocenters. The second-order valence-electron chi connectivity index (χ2n) is 7.55. The average Bonchev–Trinajstić information content (AvgIpc) is 3.16. The molecule has 1 aromatic heterocycles. The van der Waals surface area contributed by atoms with Crippen LogP contribution in [0.1, 0.15) is 23.5 Å². The molecule has 2 fully saturated rings. The molecule has 1 aliphatic carbocycles. The number of aromatic amines is 1. The Balaban J connectivity index is 1.23. The van der Waals surface area contributed by atoms with Gasteiger partial charge in [0.25, 0.3) is 0 Å². The van der Waals surface area contributed by atoms with E-state index in [0.29, 0.717) is 0 Å². The summed E-state index contributed by atoms with van der Waals surface area (Å²) >= 11 is 0. The van der Waals surface area contributed by atoms with Gasteiger partial charge in [-0.15, -0.1) is 0 Å². The van der Waals surface area contributed by atoms with E-state index >= 15 is 0 Å². The van der Waals surface area contributed by atoms with Crippen LogP contribution in [0.2, 0.25) is 0 Å². The van der Waals surface area contributed by atoms with Gasteiger partial charge < -0.3 is 9.88 Å². The molecule has 1 saturated carbocycles. The van der Waals surface area contributed by atoms with E-state index in [1.165, 1.54) is 42.5 Å². The molecule has 122 valence electrons. The lowest BCUT2D eigenvalue weighted by atomic mass is 9.64. The van der Waals surface area contributed by atoms with Crippen LogP contribution in [0.4, 0.5) is 0 Å². The van der Waals surface area contributed by atoms with Gasteiger partial charge in [0.15, 0.2) is 0 Å². The van der Waals surface area contributed by atoms with Gasteiger partial charge in [-0.3, -0.25) is 0 Å². The predicted octanol–water partition coefficient (Wildman–Crippen LogP) is 4.45. The van der Waals surface area contributed by atoms with Gasteiger partial charge >= 0.3 is 0 Å². The summed E-state index contributed by atoms with van der Waals surface area (Å²) in [6.45, 7) is 3.78. The van der Waals surface area contributed by atoms with Crippen LogP contribution in [0.5, 0.6) is 0 Å². The third kappa shape index (κ3) is 2.37. The van der Waals surface area contributed by atoms with Gasteiger partial charge in [0, 0.05) is 36.7 Å². The summed E-state index contributed by atoms with van der Waals surface area (Å²) in [5.74, 6) is 2.61. The van der Waals surface area contributed by atoms with Gasteiger partial charge in [-0.2, -0.15) is 0 Å². The highest BCUT2D eigenvalue weighted by atomic mass is 15.2. The van der Waals surface area contributed by atoms with Crippen molar-refractivity contribution >= 4 is 10.9 Å². The molecule has 2 aliphatic rings. The van der Waals surface area contributed by atoms with Gasteiger partial charge in [-0.05, 0) is 47.8 Å². The number of H-pyrrole nitrogens is 1. The molecule has 2 heteroatoms. The summed E-state index contributed by atoms with van der Waals surface area (Å²) in [5, 5.41) is 1.39. The Labute approximate surface area is 143 Å². The van der Waals surface area contributed by atoms with Gasteiger partial charge in [0.2, 0.25) is 0 Å². The van der Waals surface area contributed by atoms with Crippen molar-refractivity contribution in [3.8, 4) is 0 Å². The Morgan fingerprint density at radius 1 is 0.958 bits per heavy atom. The largest absolute Gasteiger partial charge is 0.361 e. The molecule has 2 aromatic carbocycles. The summed E-state index contributed by atoms with van der Waals surface area (Å²) in [4.78, 5) is 6.10. The van der Waals surface area contributed by atoms with E-state index in [1.807, 2.05) is 0 Å². The van der Waals surface area contributed by atoms with E-state index in [2.05, 4.69) is 70.7 Å². The number of benzene rings is 2. The minimum absolute atomic E-state index is 0.800. The fourth-order valence-electron chi connectivity index (χ4n) is 4.88. The number of nitrogens with zero attached hydrogens (tertiary/aromatic N) is 1. The quantitative estimate of drug-likeness (QED) is 0.753. The van der Waals surface area contributed by atoms with Crippen LogP contribution < -0.4 is 0 Å². The van der Waals surface area contributed by atoms with Crippen molar-refractivity contribution in [2.75, 3.05) is 19.6 Å². The van der Waals surface area contributed by atoms with Gasteiger partial charge in [0.05, 0.1) is 0 Å². The van der Waals surface area contributed by atoms with Crippen molar-refractivity contribution in [3.63, 3.8) is 0 Å². The Bertz CT molecular complexity index is 835. The minimum atomic E-state index is 0.800. The highest BCUT2D eigenvalue weighted by Crippen LogP contribution is 2.51. The zero-order chi connectivity index (χ0) is 15.9. The first-order chi connectivity index (χ1) is 11.9. The summed E-state index contributed by atoms with van der Waals surface area (Å²) in [6.07, 6.45) is 4.74.